The maximum Gasteiger partial charge on any atom is 0.261 e. The van der Waals surface area contributed by atoms with Crippen LogP contribution in [0.25, 0.3) is 10.8 Å². The van der Waals surface area contributed by atoms with Gasteiger partial charge in [-0.15, -0.1) is 0 Å². The van der Waals surface area contributed by atoms with Gasteiger partial charge < -0.3 is 5.32 Å². The van der Waals surface area contributed by atoms with Gasteiger partial charge in [-0.25, -0.2) is 0 Å². The second kappa shape index (κ2) is 11.6. The molecule has 5 nitrogen and oxygen atoms in total. The summed E-state index contributed by atoms with van der Waals surface area (Å²) in [6.07, 6.45) is 8.88. The zero-order chi connectivity index (χ0) is 23.8. The summed E-state index contributed by atoms with van der Waals surface area (Å²) in [6.45, 7) is 0.498. The van der Waals surface area contributed by atoms with Crippen molar-refractivity contribution >= 4 is 34.2 Å². The first kappa shape index (κ1) is 23.7. The molecule has 1 aliphatic heterocycles. The molecular weight excluding hydrogens is 424 g/mol. The summed E-state index contributed by atoms with van der Waals surface area (Å²) in [7, 11) is 0. The third kappa shape index (κ3) is 5.71. The molecule has 0 saturated heterocycles. The van der Waals surface area contributed by atoms with Crippen LogP contribution in [0.5, 0.6) is 0 Å². The van der Waals surface area contributed by atoms with Crippen LogP contribution in [0.2, 0.25) is 0 Å². The lowest BCUT2D eigenvalue weighted by molar-refractivity contribution is -0.116. The molecule has 0 radical (unpaired) electrons. The van der Waals surface area contributed by atoms with Gasteiger partial charge in [-0.2, -0.15) is 0 Å². The van der Waals surface area contributed by atoms with Gasteiger partial charge >= 0.3 is 0 Å². The standard InChI is InChI=1S/C29H32N2O3/c32-27(30-26-19-13-15-22-14-8-9-16-23(22)26)20-7-5-3-1-2-4-6-12-21-31-28(33)24-17-10-11-18-25(24)29(31)34/h8-11,13-19H,1-7,12,20-21H2,(H,30,32). The van der Waals surface area contributed by atoms with Crippen LogP contribution in [0.4, 0.5) is 5.69 Å². The fourth-order valence-electron chi connectivity index (χ4n) is 4.61. The summed E-state index contributed by atoms with van der Waals surface area (Å²) in [5.41, 5.74) is 1.93. The van der Waals surface area contributed by atoms with Gasteiger partial charge in [0.15, 0.2) is 0 Å². The molecule has 1 heterocycles. The van der Waals surface area contributed by atoms with Crippen LogP contribution >= 0.6 is 0 Å². The van der Waals surface area contributed by atoms with E-state index in [0.717, 1.165) is 67.8 Å². The molecule has 0 aliphatic carbocycles. The number of unbranched alkanes of at least 4 members (excludes halogenated alkanes) is 7. The Morgan fingerprint density at radius 1 is 0.647 bits per heavy atom. The van der Waals surface area contributed by atoms with Crippen LogP contribution in [0.15, 0.2) is 66.7 Å². The highest BCUT2D eigenvalue weighted by Crippen LogP contribution is 2.24. The number of nitrogens with zero attached hydrogens (tertiary/aromatic N) is 1. The number of fused-ring (bicyclic) bond motifs is 2. The Labute approximate surface area is 201 Å². The van der Waals surface area contributed by atoms with Gasteiger partial charge in [0.2, 0.25) is 5.91 Å². The molecule has 1 aliphatic rings. The Bertz CT molecular complexity index is 1130. The second-order valence-corrected chi connectivity index (χ2v) is 8.96. The van der Waals surface area contributed by atoms with E-state index < -0.39 is 0 Å². The summed E-state index contributed by atoms with van der Waals surface area (Å²) >= 11 is 0. The lowest BCUT2D eigenvalue weighted by Gasteiger charge is -2.13. The number of rotatable bonds is 12. The van der Waals surface area contributed by atoms with E-state index in [1.807, 2.05) is 30.3 Å². The third-order valence-corrected chi connectivity index (χ3v) is 6.48. The largest absolute Gasteiger partial charge is 0.326 e. The molecule has 3 aromatic rings. The third-order valence-electron chi connectivity index (χ3n) is 6.48. The Kier molecular flexibility index (Phi) is 8.08. The number of benzene rings is 3. The van der Waals surface area contributed by atoms with E-state index in [2.05, 4.69) is 17.4 Å². The SMILES string of the molecule is O=C(CCCCCCCCCCN1C(=O)c2ccccc2C1=O)Nc1cccc2ccccc12. The first-order valence-electron chi connectivity index (χ1n) is 12.4. The number of anilines is 1. The normalized spacial score (nSPS) is 12.9. The highest BCUT2D eigenvalue weighted by Gasteiger charge is 2.34. The molecular formula is C29H32N2O3. The highest BCUT2D eigenvalue weighted by molar-refractivity contribution is 6.21. The maximum absolute atomic E-state index is 12.4. The molecule has 0 saturated carbocycles. The molecule has 0 spiro atoms. The fourth-order valence-corrected chi connectivity index (χ4v) is 4.61. The van der Waals surface area contributed by atoms with E-state index in [1.165, 1.54) is 4.90 Å². The van der Waals surface area contributed by atoms with E-state index in [-0.39, 0.29) is 17.7 Å². The van der Waals surface area contributed by atoms with Gasteiger partial charge in [-0.1, -0.05) is 87.1 Å². The molecule has 4 rings (SSSR count). The zero-order valence-electron chi connectivity index (χ0n) is 19.6. The molecule has 0 bridgehead atoms. The minimum Gasteiger partial charge on any atom is -0.326 e. The van der Waals surface area contributed by atoms with E-state index in [0.29, 0.717) is 24.1 Å². The minimum atomic E-state index is -0.162. The molecule has 34 heavy (non-hydrogen) atoms. The van der Waals surface area contributed by atoms with Crippen molar-refractivity contribution in [2.24, 2.45) is 0 Å². The van der Waals surface area contributed by atoms with Crippen molar-refractivity contribution in [3.63, 3.8) is 0 Å². The van der Waals surface area contributed by atoms with Crippen molar-refractivity contribution in [1.82, 2.24) is 4.90 Å². The van der Waals surface area contributed by atoms with E-state index in [1.54, 1.807) is 24.3 Å². The Morgan fingerprint density at radius 2 is 1.21 bits per heavy atom. The Hall–Kier alpha value is -3.47. The van der Waals surface area contributed by atoms with Gasteiger partial charge in [-0.05, 0) is 36.4 Å². The minimum absolute atomic E-state index is 0.0736. The van der Waals surface area contributed by atoms with Gasteiger partial charge in [0.05, 0.1) is 11.1 Å². The van der Waals surface area contributed by atoms with Crippen molar-refractivity contribution in [2.75, 3.05) is 11.9 Å². The predicted molar refractivity (Wildman–Crippen MR) is 136 cm³/mol. The lowest BCUT2D eigenvalue weighted by atomic mass is 10.1. The maximum atomic E-state index is 12.4. The average molecular weight is 457 g/mol. The molecule has 3 aromatic carbocycles. The van der Waals surface area contributed by atoms with Crippen LogP contribution < -0.4 is 5.32 Å². The van der Waals surface area contributed by atoms with Crippen molar-refractivity contribution in [3.05, 3.63) is 77.9 Å². The molecule has 0 aromatic heterocycles. The van der Waals surface area contributed by atoms with Crippen molar-refractivity contribution in [3.8, 4) is 0 Å². The second-order valence-electron chi connectivity index (χ2n) is 8.96. The topological polar surface area (TPSA) is 66.5 Å². The van der Waals surface area contributed by atoms with Crippen molar-refractivity contribution < 1.29 is 14.4 Å². The summed E-state index contributed by atoms with van der Waals surface area (Å²) in [6, 6.07) is 21.1. The fraction of sp³-hybridized carbons (Fsp3) is 0.345. The molecule has 0 atom stereocenters. The van der Waals surface area contributed by atoms with Gasteiger partial charge in [0, 0.05) is 24.0 Å². The van der Waals surface area contributed by atoms with E-state index >= 15 is 0 Å². The highest BCUT2D eigenvalue weighted by atomic mass is 16.2. The number of hydrogen-bond acceptors (Lipinski definition) is 3. The first-order valence-corrected chi connectivity index (χ1v) is 12.4. The number of carbonyl (C=O) groups excluding carboxylic acids is 3. The number of carbonyl (C=O) groups is 3. The summed E-state index contributed by atoms with van der Waals surface area (Å²) in [5.74, 6) is -0.250. The van der Waals surface area contributed by atoms with Crippen molar-refractivity contribution in [2.45, 2.75) is 57.8 Å². The van der Waals surface area contributed by atoms with Crippen LogP contribution in [0.3, 0.4) is 0 Å². The van der Waals surface area contributed by atoms with Gasteiger partial charge in [-0.3, -0.25) is 19.3 Å². The van der Waals surface area contributed by atoms with E-state index in [9.17, 15) is 14.4 Å². The molecule has 3 amide bonds. The van der Waals surface area contributed by atoms with E-state index in [4.69, 9.17) is 0 Å². The summed E-state index contributed by atoms with van der Waals surface area (Å²) in [4.78, 5) is 38.4. The lowest BCUT2D eigenvalue weighted by Crippen LogP contribution is -2.30. The Morgan fingerprint density at radius 3 is 1.91 bits per heavy atom. The number of hydrogen-bond donors (Lipinski definition) is 1. The average Bonchev–Trinajstić information content (AvgIpc) is 3.10. The van der Waals surface area contributed by atoms with Crippen LogP contribution in [-0.4, -0.2) is 29.2 Å². The van der Waals surface area contributed by atoms with Crippen LogP contribution in [0.1, 0.15) is 78.5 Å². The Balaban J connectivity index is 1.04. The smallest absolute Gasteiger partial charge is 0.261 e. The molecule has 176 valence electrons. The van der Waals surface area contributed by atoms with Gasteiger partial charge in [0.25, 0.3) is 11.8 Å². The van der Waals surface area contributed by atoms with Crippen LogP contribution in [-0.2, 0) is 4.79 Å². The number of nitrogens with one attached hydrogen (secondary N) is 1. The van der Waals surface area contributed by atoms with Gasteiger partial charge in [0.1, 0.15) is 0 Å². The zero-order valence-corrected chi connectivity index (χ0v) is 19.6. The van der Waals surface area contributed by atoms with Crippen molar-refractivity contribution in [1.29, 1.82) is 0 Å². The summed E-state index contributed by atoms with van der Waals surface area (Å²) < 4.78 is 0. The predicted octanol–water partition coefficient (Wildman–Crippen LogP) is 6.59. The molecule has 0 fully saturated rings. The monoisotopic (exact) mass is 456 g/mol. The quantitative estimate of drug-likeness (QED) is 0.247. The number of amides is 3. The first-order chi connectivity index (χ1) is 16.6. The molecule has 0 unspecified atom stereocenters. The molecule has 1 N–H and O–H groups in total. The number of imide groups is 1. The summed E-state index contributed by atoms with van der Waals surface area (Å²) in [5, 5.41) is 5.25. The van der Waals surface area contributed by atoms with Crippen LogP contribution in [0, 0.1) is 0 Å². The molecule has 5 heteroatoms.